The fourth-order valence-electron chi connectivity index (χ4n) is 7.13. The SMILES string of the molecule is C=C1/C(=C\CC2CCCC3(C)C(C(C)CCC(I)C(C)(C)O)CCC23)CCCC1O. The van der Waals surface area contributed by atoms with E-state index in [0.717, 1.165) is 54.9 Å². The third kappa shape index (κ3) is 5.36. The van der Waals surface area contributed by atoms with E-state index in [0.29, 0.717) is 9.34 Å². The van der Waals surface area contributed by atoms with E-state index >= 15 is 0 Å². The van der Waals surface area contributed by atoms with Crippen molar-refractivity contribution in [2.45, 2.75) is 114 Å². The van der Waals surface area contributed by atoms with Crippen LogP contribution in [0.2, 0.25) is 0 Å². The van der Waals surface area contributed by atoms with Crippen LogP contribution < -0.4 is 0 Å². The Bertz CT molecular complexity index is 633. The van der Waals surface area contributed by atoms with Crippen molar-refractivity contribution in [1.82, 2.24) is 0 Å². The first-order chi connectivity index (χ1) is 14.0. The van der Waals surface area contributed by atoms with Gasteiger partial charge >= 0.3 is 0 Å². The molecule has 0 aliphatic heterocycles. The molecule has 172 valence electrons. The molecule has 3 heteroatoms. The highest BCUT2D eigenvalue weighted by Gasteiger charge is 2.52. The fraction of sp³-hybridized carbons (Fsp3) is 0.852. The van der Waals surface area contributed by atoms with Crippen LogP contribution in [-0.4, -0.2) is 25.8 Å². The van der Waals surface area contributed by atoms with E-state index in [9.17, 15) is 10.2 Å². The van der Waals surface area contributed by atoms with Gasteiger partial charge in [0, 0.05) is 3.92 Å². The topological polar surface area (TPSA) is 40.5 Å². The zero-order valence-corrected chi connectivity index (χ0v) is 22.0. The molecule has 0 spiro atoms. The second-order valence-electron chi connectivity index (χ2n) is 11.5. The van der Waals surface area contributed by atoms with Gasteiger partial charge in [-0.3, -0.25) is 0 Å². The molecule has 0 aromatic heterocycles. The zero-order chi connectivity index (χ0) is 22.1. The Balaban J connectivity index is 1.62. The lowest BCUT2D eigenvalue weighted by molar-refractivity contribution is 0.0272. The van der Waals surface area contributed by atoms with Crippen molar-refractivity contribution in [3.63, 3.8) is 0 Å². The molecule has 3 aliphatic rings. The molecule has 3 rings (SSSR count). The number of fused-ring (bicyclic) bond motifs is 1. The van der Waals surface area contributed by atoms with Crippen LogP contribution in [0.1, 0.15) is 98.3 Å². The fourth-order valence-corrected chi connectivity index (χ4v) is 7.49. The van der Waals surface area contributed by atoms with Gasteiger partial charge < -0.3 is 10.2 Å². The average molecular weight is 529 g/mol. The van der Waals surface area contributed by atoms with Gasteiger partial charge in [0.25, 0.3) is 0 Å². The summed E-state index contributed by atoms with van der Waals surface area (Å²) in [6.07, 6.45) is 15.6. The highest BCUT2D eigenvalue weighted by Crippen LogP contribution is 2.60. The lowest BCUT2D eigenvalue weighted by Gasteiger charge is -2.47. The summed E-state index contributed by atoms with van der Waals surface area (Å²) in [5.74, 6) is 3.22. The summed E-state index contributed by atoms with van der Waals surface area (Å²) in [6.45, 7) is 13.1. The van der Waals surface area contributed by atoms with Crippen LogP contribution >= 0.6 is 22.6 Å². The second kappa shape index (κ2) is 9.95. The predicted octanol–water partition coefficient (Wildman–Crippen LogP) is 7.23. The summed E-state index contributed by atoms with van der Waals surface area (Å²) in [6, 6.07) is 0. The quantitative estimate of drug-likeness (QED) is 0.270. The number of allylic oxidation sites excluding steroid dienone is 1. The number of halogens is 1. The maximum atomic E-state index is 10.3. The Morgan fingerprint density at radius 2 is 1.93 bits per heavy atom. The molecule has 0 saturated heterocycles. The lowest BCUT2D eigenvalue weighted by atomic mass is 9.58. The van der Waals surface area contributed by atoms with Crippen molar-refractivity contribution in [2.75, 3.05) is 0 Å². The Hall–Kier alpha value is 0.130. The monoisotopic (exact) mass is 528 g/mol. The van der Waals surface area contributed by atoms with Gasteiger partial charge in [0.15, 0.2) is 0 Å². The molecule has 30 heavy (non-hydrogen) atoms. The lowest BCUT2D eigenvalue weighted by Crippen LogP contribution is -2.39. The maximum absolute atomic E-state index is 10.3. The smallest absolute Gasteiger partial charge is 0.0787 e. The Kier molecular flexibility index (Phi) is 8.21. The minimum atomic E-state index is -0.581. The standard InChI is InChI=1S/C27H45IO2/c1-18(11-16-25(28)26(3,4)30)22-14-15-23-21(9-7-17-27(22,23)5)13-12-20-8-6-10-24(29)19(20)2/h12,18,21-25,29-30H,2,6-11,13-17H2,1,3-5H3/b20-12-. The summed E-state index contributed by atoms with van der Waals surface area (Å²) in [5, 5.41) is 20.5. The van der Waals surface area contributed by atoms with Crippen LogP contribution in [0.15, 0.2) is 23.8 Å². The number of alkyl halides is 1. The summed E-state index contributed by atoms with van der Waals surface area (Å²) in [4.78, 5) is 0. The predicted molar refractivity (Wildman–Crippen MR) is 136 cm³/mol. The number of rotatable bonds is 7. The molecule has 7 unspecified atom stereocenters. The molecule has 2 N–H and O–H groups in total. The first-order valence-electron chi connectivity index (χ1n) is 12.5. The average Bonchev–Trinajstić information content (AvgIpc) is 3.03. The highest BCUT2D eigenvalue weighted by atomic mass is 127. The van der Waals surface area contributed by atoms with Gasteiger partial charge in [-0.15, -0.1) is 0 Å². The van der Waals surface area contributed by atoms with Gasteiger partial charge in [-0.1, -0.05) is 55.5 Å². The third-order valence-corrected chi connectivity index (χ3v) is 11.2. The minimum absolute atomic E-state index is 0.316. The van der Waals surface area contributed by atoms with Gasteiger partial charge in [0.05, 0.1) is 11.7 Å². The number of aliphatic hydroxyl groups is 2. The molecule has 3 saturated carbocycles. The Labute approximate surface area is 199 Å². The van der Waals surface area contributed by atoms with Crippen molar-refractivity contribution in [1.29, 1.82) is 0 Å². The zero-order valence-electron chi connectivity index (χ0n) is 19.8. The molecule has 0 aromatic rings. The second-order valence-corrected chi connectivity index (χ2v) is 13.0. The van der Waals surface area contributed by atoms with Crippen molar-refractivity contribution < 1.29 is 10.2 Å². The van der Waals surface area contributed by atoms with E-state index in [1.165, 1.54) is 50.5 Å². The summed E-state index contributed by atoms with van der Waals surface area (Å²) in [5.41, 5.74) is 2.23. The van der Waals surface area contributed by atoms with Crippen LogP contribution in [0.3, 0.4) is 0 Å². The van der Waals surface area contributed by atoms with Gasteiger partial charge in [-0.05, 0) is 118 Å². The van der Waals surface area contributed by atoms with E-state index in [1.54, 1.807) is 0 Å². The van der Waals surface area contributed by atoms with E-state index in [2.05, 4.69) is 49.1 Å². The summed E-state index contributed by atoms with van der Waals surface area (Å²) in [7, 11) is 0. The van der Waals surface area contributed by atoms with Crippen LogP contribution in [0.25, 0.3) is 0 Å². The first-order valence-corrected chi connectivity index (χ1v) is 13.7. The molecule has 0 aromatic carbocycles. The molecule has 0 radical (unpaired) electrons. The first kappa shape index (κ1) is 24.8. The van der Waals surface area contributed by atoms with E-state index in [1.807, 2.05) is 13.8 Å². The molecule has 3 fully saturated rings. The number of hydrogen-bond acceptors (Lipinski definition) is 2. The van der Waals surface area contributed by atoms with Crippen molar-refractivity contribution in [3.05, 3.63) is 23.8 Å². The van der Waals surface area contributed by atoms with Crippen molar-refractivity contribution in [2.24, 2.45) is 29.1 Å². The normalized spacial score (nSPS) is 38.5. The molecule has 0 amide bonds. The highest BCUT2D eigenvalue weighted by molar-refractivity contribution is 14.1. The molecular weight excluding hydrogens is 483 g/mol. The van der Waals surface area contributed by atoms with Crippen LogP contribution in [0.4, 0.5) is 0 Å². The van der Waals surface area contributed by atoms with Crippen LogP contribution in [-0.2, 0) is 0 Å². The maximum Gasteiger partial charge on any atom is 0.0787 e. The molecule has 0 bridgehead atoms. The molecule has 0 heterocycles. The summed E-state index contributed by atoms with van der Waals surface area (Å²) < 4.78 is 0.326. The Morgan fingerprint density at radius 3 is 2.63 bits per heavy atom. The molecule has 2 nitrogen and oxygen atoms in total. The molecule has 3 aliphatic carbocycles. The largest absolute Gasteiger partial charge is 0.389 e. The Morgan fingerprint density at radius 1 is 1.20 bits per heavy atom. The van der Waals surface area contributed by atoms with Crippen LogP contribution in [0.5, 0.6) is 0 Å². The summed E-state index contributed by atoms with van der Waals surface area (Å²) >= 11 is 2.44. The van der Waals surface area contributed by atoms with Gasteiger partial charge in [-0.2, -0.15) is 0 Å². The van der Waals surface area contributed by atoms with Gasteiger partial charge in [0.2, 0.25) is 0 Å². The van der Waals surface area contributed by atoms with Crippen molar-refractivity contribution >= 4 is 22.6 Å². The molecular formula is C27H45IO2. The minimum Gasteiger partial charge on any atom is -0.389 e. The van der Waals surface area contributed by atoms with Gasteiger partial charge in [0.1, 0.15) is 0 Å². The van der Waals surface area contributed by atoms with Crippen molar-refractivity contribution in [3.8, 4) is 0 Å². The number of hydrogen-bond donors (Lipinski definition) is 2. The third-order valence-electron chi connectivity index (χ3n) is 9.08. The van der Waals surface area contributed by atoms with E-state index < -0.39 is 5.60 Å². The molecule has 7 atom stereocenters. The van der Waals surface area contributed by atoms with E-state index in [-0.39, 0.29) is 6.10 Å². The van der Waals surface area contributed by atoms with Crippen LogP contribution in [0, 0.1) is 29.1 Å². The van der Waals surface area contributed by atoms with Gasteiger partial charge in [-0.25, -0.2) is 0 Å². The number of aliphatic hydroxyl groups excluding tert-OH is 1. The van der Waals surface area contributed by atoms with E-state index in [4.69, 9.17) is 0 Å².